The Morgan fingerprint density at radius 2 is 1.77 bits per heavy atom. The summed E-state index contributed by atoms with van der Waals surface area (Å²) in [6.45, 7) is 2.47. The third-order valence-electron chi connectivity index (χ3n) is 4.24. The van der Waals surface area contributed by atoms with Crippen LogP contribution in [0.5, 0.6) is 28.7 Å². The number of hydrogen-bond acceptors (Lipinski definition) is 8. The van der Waals surface area contributed by atoms with E-state index < -0.39 is 18.0 Å². The van der Waals surface area contributed by atoms with Gasteiger partial charge in [0, 0.05) is 13.8 Å². The number of aromatic hydroxyl groups is 1. The van der Waals surface area contributed by atoms with Crippen molar-refractivity contribution in [2.75, 3.05) is 7.11 Å². The Balaban J connectivity index is 2.07. The van der Waals surface area contributed by atoms with Crippen LogP contribution in [0.3, 0.4) is 0 Å². The van der Waals surface area contributed by atoms with Crippen LogP contribution in [0, 0.1) is 0 Å². The first-order chi connectivity index (χ1) is 14.1. The van der Waals surface area contributed by atoms with E-state index >= 15 is 0 Å². The van der Waals surface area contributed by atoms with Gasteiger partial charge in [0.05, 0.1) is 13.5 Å². The maximum Gasteiger partial charge on any atom is 0.308 e. The number of hydrogen-bond donors (Lipinski definition) is 1. The summed E-state index contributed by atoms with van der Waals surface area (Å²) < 4.78 is 21.7. The molecule has 1 heterocycles. The van der Waals surface area contributed by atoms with Gasteiger partial charge < -0.3 is 24.1 Å². The molecule has 1 aliphatic heterocycles. The van der Waals surface area contributed by atoms with Crippen molar-refractivity contribution in [2.45, 2.75) is 26.4 Å². The molecule has 0 spiro atoms. The van der Waals surface area contributed by atoms with Gasteiger partial charge in [-0.15, -0.1) is 0 Å². The molecule has 1 unspecified atom stereocenters. The van der Waals surface area contributed by atoms with Gasteiger partial charge in [0.2, 0.25) is 0 Å². The first-order valence-corrected chi connectivity index (χ1v) is 10.2. The van der Waals surface area contributed by atoms with E-state index in [-0.39, 0.29) is 49.7 Å². The Bertz CT molecular complexity index is 1060. The second kappa shape index (κ2) is 8.65. The van der Waals surface area contributed by atoms with Gasteiger partial charge in [-0.25, -0.2) is 0 Å². The highest BCUT2D eigenvalue weighted by molar-refractivity contribution is 9.11. The fourth-order valence-corrected chi connectivity index (χ4v) is 4.32. The molecule has 0 aromatic heterocycles. The number of methoxy groups -OCH3 is 1. The summed E-state index contributed by atoms with van der Waals surface area (Å²) in [4.78, 5) is 35.6. The predicted molar refractivity (Wildman–Crippen MR) is 111 cm³/mol. The van der Waals surface area contributed by atoms with Crippen molar-refractivity contribution in [3.63, 3.8) is 0 Å². The molecule has 10 heteroatoms. The largest absolute Gasteiger partial charge is 0.506 e. The van der Waals surface area contributed by atoms with E-state index in [4.69, 9.17) is 18.9 Å². The standard InChI is InChI=1S/C20H16Br2O8/c1-8(23)28-14-6-10(4-5-12(14)27-3)13-7-11(25)15-18(26)16(21)20(29-9(2)24)17(22)19(15)30-13/h4-6,13,26H,7H2,1-3H3. The van der Waals surface area contributed by atoms with E-state index in [1.165, 1.54) is 21.0 Å². The van der Waals surface area contributed by atoms with Crippen LogP contribution in [0.4, 0.5) is 0 Å². The maximum absolute atomic E-state index is 12.8. The zero-order valence-electron chi connectivity index (χ0n) is 16.1. The number of rotatable bonds is 4. The van der Waals surface area contributed by atoms with Crippen molar-refractivity contribution in [1.82, 2.24) is 0 Å². The van der Waals surface area contributed by atoms with Gasteiger partial charge in [0.1, 0.15) is 26.4 Å². The van der Waals surface area contributed by atoms with Crippen LogP contribution in [-0.2, 0) is 9.59 Å². The Morgan fingerprint density at radius 1 is 1.10 bits per heavy atom. The third-order valence-corrected chi connectivity index (χ3v) is 5.69. The van der Waals surface area contributed by atoms with Gasteiger partial charge in [-0.1, -0.05) is 6.07 Å². The van der Waals surface area contributed by atoms with E-state index in [1.807, 2.05) is 0 Å². The third kappa shape index (κ3) is 4.15. The average Bonchev–Trinajstić information content (AvgIpc) is 2.68. The number of esters is 2. The van der Waals surface area contributed by atoms with Crippen molar-refractivity contribution in [3.05, 3.63) is 38.3 Å². The Morgan fingerprint density at radius 3 is 2.37 bits per heavy atom. The molecule has 2 aromatic carbocycles. The van der Waals surface area contributed by atoms with E-state index in [0.29, 0.717) is 11.3 Å². The molecule has 2 aromatic rings. The fourth-order valence-electron chi connectivity index (χ4n) is 3.01. The summed E-state index contributed by atoms with van der Waals surface area (Å²) in [5.74, 6) is -1.35. The number of carbonyl (C=O) groups is 3. The molecule has 0 aliphatic carbocycles. The van der Waals surface area contributed by atoms with Crippen LogP contribution in [-0.4, -0.2) is 29.9 Å². The number of ketones is 1. The summed E-state index contributed by atoms with van der Waals surface area (Å²) in [6, 6.07) is 4.81. The highest BCUT2D eigenvalue weighted by Crippen LogP contribution is 2.53. The minimum atomic E-state index is -0.743. The molecule has 158 valence electrons. The first kappa shape index (κ1) is 22.1. The number of phenolic OH excluding ortho intramolecular Hbond substituents is 1. The van der Waals surface area contributed by atoms with Crippen molar-refractivity contribution in [1.29, 1.82) is 0 Å². The Hall–Kier alpha value is -2.59. The van der Waals surface area contributed by atoms with Crippen LogP contribution >= 0.6 is 31.9 Å². The Labute approximate surface area is 188 Å². The number of ether oxygens (including phenoxy) is 4. The summed E-state index contributed by atoms with van der Waals surface area (Å²) in [5, 5.41) is 10.5. The minimum Gasteiger partial charge on any atom is -0.506 e. The van der Waals surface area contributed by atoms with Crippen LogP contribution < -0.4 is 18.9 Å². The molecule has 0 amide bonds. The monoisotopic (exact) mass is 542 g/mol. The molecule has 0 saturated heterocycles. The van der Waals surface area contributed by atoms with Crippen molar-refractivity contribution in [2.24, 2.45) is 0 Å². The quantitative estimate of drug-likeness (QED) is 0.444. The second-order valence-corrected chi connectivity index (χ2v) is 7.93. The summed E-state index contributed by atoms with van der Waals surface area (Å²) in [7, 11) is 1.44. The minimum absolute atomic E-state index is 0.0115. The number of phenols is 1. The highest BCUT2D eigenvalue weighted by atomic mass is 79.9. The summed E-state index contributed by atoms with van der Waals surface area (Å²) in [5.41, 5.74) is 0.518. The molecule has 0 radical (unpaired) electrons. The van der Waals surface area contributed by atoms with Gasteiger partial charge in [0.25, 0.3) is 0 Å². The molecule has 0 fully saturated rings. The lowest BCUT2D eigenvalue weighted by Crippen LogP contribution is -2.21. The summed E-state index contributed by atoms with van der Waals surface area (Å²) in [6.07, 6.45) is -0.815. The lowest BCUT2D eigenvalue weighted by Gasteiger charge is -2.28. The molecule has 1 atom stereocenters. The van der Waals surface area contributed by atoms with Gasteiger partial charge in [-0.05, 0) is 49.6 Å². The lowest BCUT2D eigenvalue weighted by atomic mass is 9.95. The van der Waals surface area contributed by atoms with Crippen LogP contribution in [0.2, 0.25) is 0 Å². The first-order valence-electron chi connectivity index (χ1n) is 8.62. The number of fused-ring (bicyclic) bond motifs is 1. The average molecular weight is 544 g/mol. The van der Waals surface area contributed by atoms with E-state index in [0.717, 1.165) is 0 Å². The SMILES string of the molecule is COc1ccc(C2CC(=O)c3c(O)c(Br)c(OC(C)=O)c(Br)c3O2)cc1OC(C)=O. The predicted octanol–water partition coefficient (Wildman–Crippen LogP) is 4.48. The number of halogens is 2. The molecule has 0 saturated carbocycles. The molecule has 1 aliphatic rings. The van der Waals surface area contributed by atoms with Crippen molar-refractivity contribution >= 4 is 49.6 Å². The molecule has 30 heavy (non-hydrogen) atoms. The topological polar surface area (TPSA) is 108 Å². The van der Waals surface area contributed by atoms with Crippen LogP contribution in [0.25, 0.3) is 0 Å². The Kier molecular flexibility index (Phi) is 6.37. The van der Waals surface area contributed by atoms with Crippen molar-refractivity contribution < 1.29 is 38.4 Å². The highest BCUT2D eigenvalue weighted by Gasteiger charge is 2.36. The van der Waals surface area contributed by atoms with Crippen LogP contribution in [0.15, 0.2) is 27.1 Å². The lowest BCUT2D eigenvalue weighted by molar-refractivity contribution is -0.133. The zero-order chi connectivity index (χ0) is 22.2. The smallest absolute Gasteiger partial charge is 0.308 e. The fraction of sp³-hybridized carbons (Fsp3) is 0.250. The van der Waals surface area contributed by atoms with Gasteiger partial charge >= 0.3 is 11.9 Å². The van der Waals surface area contributed by atoms with Crippen LogP contribution in [0.1, 0.15) is 42.3 Å². The normalized spacial score (nSPS) is 15.1. The molecular weight excluding hydrogens is 528 g/mol. The molecular formula is C20H16Br2O8. The van der Waals surface area contributed by atoms with E-state index in [1.54, 1.807) is 18.2 Å². The summed E-state index contributed by atoms with van der Waals surface area (Å²) >= 11 is 6.44. The molecule has 3 rings (SSSR count). The van der Waals surface area contributed by atoms with Gasteiger partial charge in [-0.2, -0.15) is 0 Å². The number of Topliss-reactive ketones (excluding diaryl/α,β-unsaturated/α-hetero) is 1. The number of carbonyl (C=O) groups excluding carboxylic acids is 3. The van der Waals surface area contributed by atoms with E-state index in [9.17, 15) is 19.5 Å². The van der Waals surface area contributed by atoms with Gasteiger partial charge in [-0.3, -0.25) is 14.4 Å². The zero-order valence-corrected chi connectivity index (χ0v) is 19.2. The number of benzene rings is 2. The molecule has 0 bridgehead atoms. The van der Waals surface area contributed by atoms with Crippen molar-refractivity contribution in [3.8, 4) is 28.7 Å². The maximum atomic E-state index is 12.8. The molecule has 1 N–H and O–H groups in total. The van der Waals surface area contributed by atoms with E-state index in [2.05, 4.69) is 31.9 Å². The second-order valence-electron chi connectivity index (χ2n) is 6.34. The van der Waals surface area contributed by atoms with Gasteiger partial charge in [0.15, 0.2) is 28.8 Å². The molecule has 8 nitrogen and oxygen atoms in total.